The predicted octanol–water partition coefficient (Wildman–Crippen LogP) is 0.718. The topological polar surface area (TPSA) is 47.6 Å². The van der Waals surface area contributed by atoms with E-state index in [-0.39, 0.29) is 13.2 Å². The third-order valence-electron chi connectivity index (χ3n) is 1.40. The highest BCUT2D eigenvalue weighted by Gasteiger charge is 2.27. The lowest BCUT2D eigenvalue weighted by Gasteiger charge is -2.07. The fourth-order valence-corrected chi connectivity index (χ4v) is 0.750. The van der Waals surface area contributed by atoms with Crippen LogP contribution < -0.4 is 5.32 Å². The van der Waals surface area contributed by atoms with Crippen molar-refractivity contribution in [3.8, 4) is 0 Å². The van der Waals surface area contributed by atoms with Gasteiger partial charge in [0.1, 0.15) is 6.61 Å². The van der Waals surface area contributed by atoms with Gasteiger partial charge in [-0.25, -0.2) is 0 Å². The normalized spacial score (nSPS) is 11.5. The zero-order chi connectivity index (χ0) is 11.7. The van der Waals surface area contributed by atoms with E-state index in [1.165, 1.54) is 7.11 Å². The molecule has 90 valence electrons. The number of ether oxygens (including phenoxy) is 2. The van der Waals surface area contributed by atoms with Crippen LogP contribution in [0.4, 0.5) is 13.2 Å². The van der Waals surface area contributed by atoms with E-state index in [9.17, 15) is 18.0 Å². The van der Waals surface area contributed by atoms with E-state index in [0.29, 0.717) is 13.0 Å². The molecule has 4 nitrogen and oxygen atoms in total. The van der Waals surface area contributed by atoms with E-state index in [0.717, 1.165) is 0 Å². The summed E-state index contributed by atoms with van der Waals surface area (Å²) in [5.74, 6) is -0.411. The molecule has 0 fully saturated rings. The van der Waals surface area contributed by atoms with E-state index in [1.54, 1.807) is 0 Å². The molecule has 0 aliphatic rings. The highest BCUT2D eigenvalue weighted by Crippen LogP contribution is 2.14. The van der Waals surface area contributed by atoms with Gasteiger partial charge in [-0.15, -0.1) is 0 Å². The van der Waals surface area contributed by atoms with Crippen LogP contribution in [0.15, 0.2) is 0 Å². The fourth-order valence-electron chi connectivity index (χ4n) is 0.750. The molecular weight excluding hydrogens is 215 g/mol. The van der Waals surface area contributed by atoms with Crippen LogP contribution in [0, 0.1) is 0 Å². The number of methoxy groups -OCH3 is 1. The second-order valence-electron chi connectivity index (χ2n) is 2.77. The zero-order valence-corrected chi connectivity index (χ0v) is 8.39. The molecule has 0 heterocycles. The molecule has 0 aromatic rings. The first-order valence-electron chi connectivity index (χ1n) is 4.38. The average Bonchev–Trinajstić information content (AvgIpc) is 2.14. The summed E-state index contributed by atoms with van der Waals surface area (Å²) in [6, 6.07) is 0. The molecule has 0 atom stereocenters. The maximum Gasteiger partial charge on any atom is 0.411 e. The number of carbonyl (C=O) groups excluding carboxylic acids is 1. The van der Waals surface area contributed by atoms with E-state index in [1.807, 2.05) is 0 Å². The molecule has 0 bridgehead atoms. The van der Waals surface area contributed by atoms with Crippen LogP contribution in [-0.2, 0) is 14.3 Å². The first kappa shape index (κ1) is 14.2. The van der Waals surface area contributed by atoms with Gasteiger partial charge < -0.3 is 14.8 Å². The highest BCUT2D eigenvalue weighted by atomic mass is 19.4. The number of rotatable bonds is 7. The van der Waals surface area contributed by atoms with Crippen molar-refractivity contribution in [2.24, 2.45) is 0 Å². The maximum atomic E-state index is 11.6. The molecule has 1 N–H and O–H groups in total. The van der Waals surface area contributed by atoms with E-state index >= 15 is 0 Å². The number of carbonyl (C=O) groups is 1. The van der Waals surface area contributed by atoms with Crippen LogP contribution in [0.1, 0.15) is 6.42 Å². The molecule has 15 heavy (non-hydrogen) atoms. The van der Waals surface area contributed by atoms with Crippen molar-refractivity contribution in [1.29, 1.82) is 0 Å². The van der Waals surface area contributed by atoms with Crippen LogP contribution in [0.2, 0.25) is 0 Å². The van der Waals surface area contributed by atoms with Gasteiger partial charge in [0.05, 0.1) is 13.7 Å². The number of nitrogens with one attached hydrogen (secondary N) is 1. The second-order valence-corrected chi connectivity index (χ2v) is 2.77. The summed E-state index contributed by atoms with van der Waals surface area (Å²) in [6.45, 7) is -0.763. The van der Waals surface area contributed by atoms with Crippen molar-refractivity contribution < 1.29 is 27.4 Å². The van der Waals surface area contributed by atoms with Crippen LogP contribution in [-0.4, -0.2) is 45.6 Å². The van der Waals surface area contributed by atoms with Gasteiger partial charge in [0.2, 0.25) is 0 Å². The summed E-state index contributed by atoms with van der Waals surface area (Å²) < 4.78 is 43.4. The lowest BCUT2D eigenvalue weighted by atomic mass is 10.4. The molecule has 7 heteroatoms. The van der Waals surface area contributed by atoms with Gasteiger partial charge in [-0.05, 0) is 13.0 Å². The van der Waals surface area contributed by atoms with Crippen LogP contribution in [0.3, 0.4) is 0 Å². The first-order chi connectivity index (χ1) is 6.95. The van der Waals surface area contributed by atoms with Gasteiger partial charge in [-0.1, -0.05) is 0 Å². The molecule has 0 aliphatic heterocycles. The summed E-state index contributed by atoms with van der Waals surface area (Å²) in [7, 11) is 1.26. The molecule has 0 rings (SSSR count). The fraction of sp³-hybridized carbons (Fsp3) is 0.875. The number of halogens is 3. The summed E-state index contributed by atoms with van der Waals surface area (Å²) in [6.07, 6.45) is -3.87. The van der Waals surface area contributed by atoms with E-state index in [4.69, 9.17) is 0 Å². The zero-order valence-electron chi connectivity index (χ0n) is 8.39. The van der Waals surface area contributed by atoms with Gasteiger partial charge in [-0.3, -0.25) is 4.79 Å². The molecule has 0 spiro atoms. The average molecular weight is 229 g/mol. The molecule has 0 saturated carbocycles. The minimum atomic E-state index is -4.28. The van der Waals surface area contributed by atoms with Crippen LogP contribution in [0.5, 0.6) is 0 Å². The van der Waals surface area contributed by atoms with Crippen molar-refractivity contribution in [2.75, 3.05) is 33.4 Å². The first-order valence-corrected chi connectivity index (χ1v) is 4.38. The van der Waals surface area contributed by atoms with Gasteiger partial charge in [0.15, 0.2) is 0 Å². The second kappa shape index (κ2) is 7.47. The Bertz CT molecular complexity index is 184. The summed E-state index contributed by atoms with van der Waals surface area (Å²) >= 11 is 0. The lowest BCUT2D eigenvalue weighted by molar-refractivity contribution is -0.173. The molecule has 0 aromatic carbocycles. The third-order valence-corrected chi connectivity index (χ3v) is 1.40. The molecule has 0 saturated heterocycles. The minimum Gasteiger partial charge on any atom is -0.468 e. The van der Waals surface area contributed by atoms with E-state index < -0.39 is 18.8 Å². The molecule has 0 amide bonds. The van der Waals surface area contributed by atoms with Gasteiger partial charge in [0.25, 0.3) is 0 Å². The summed E-state index contributed by atoms with van der Waals surface area (Å²) in [4.78, 5) is 10.6. The van der Waals surface area contributed by atoms with Gasteiger partial charge in [0, 0.05) is 6.61 Å². The molecule has 0 unspecified atom stereocenters. The van der Waals surface area contributed by atoms with Crippen molar-refractivity contribution in [3.05, 3.63) is 0 Å². The molecular formula is C8H14F3NO3. The van der Waals surface area contributed by atoms with Crippen molar-refractivity contribution in [3.63, 3.8) is 0 Å². The van der Waals surface area contributed by atoms with Gasteiger partial charge in [-0.2, -0.15) is 13.2 Å². The molecule has 0 radical (unpaired) electrons. The number of hydrogen-bond donors (Lipinski definition) is 1. The lowest BCUT2D eigenvalue weighted by Crippen LogP contribution is -2.26. The Labute approximate surface area is 85.7 Å². The predicted molar refractivity (Wildman–Crippen MR) is 46.4 cm³/mol. The molecule has 0 aromatic heterocycles. The Kier molecular flexibility index (Phi) is 7.06. The van der Waals surface area contributed by atoms with Crippen molar-refractivity contribution >= 4 is 5.97 Å². The van der Waals surface area contributed by atoms with Crippen LogP contribution >= 0.6 is 0 Å². The summed E-state index contributed by atoms with van der Waals surface area (Å²) in [5.41, 5.74) is 0. The minimum absolute atomic E-state index is 0.00762. The smallest absolute Gasteiger partial charge is 0.411 e. The van der Waals surface area contributed by atoms with E-state index in [2.05, 4.69) is 14.8 Å². The Hall–Kier alpha value is -0.820. The Morgan fingerprint density at radius 1 is 1.40 bits per heavy atom. The largest absolute Gasteiger partial charge is 0.468 e. The monoisotopic (exact) mass is 229 g/mol. The van der Waals surface area contributed by atoms with Crippen molar-refractivity contribution in [2.45, 2.75) is 12.6 Å². The van der Waals surface area contributed by atoms with Crippen molar-refractivity contribution in [1.82, 2.24) is 5.32 Å². The Morgan fingerprint density at radius 3 is 2.60 bits per heavy atom. The van der Waals surface area contributed by atoms with Gasteiger partial charge >= 0.3 is 12.1 Å². The number of esters is 1. The maximum absolute atomic E-state index is 11.6. The SMILES string of the molecule is COC(=O)CNCCCOCC(F)(F)F. The number of hydrogen-bond acceptors (Lipinski definition) is 4. The highest BCUT2D eigenvalue weighted by molar-refractivity contribution is 5.71. The summed E-state index contributed by atoms with van der Waals surface area (Å²) in [5, 5.41) is 2.70. The van der Waals surface area contributed by atoms with Crippen LogP contribution in [0.25, 0.3) is 0 Å². The number of alkyl halides is 3. The Balaban J connectivity index is 3.16. The quantitative estimate of drug-likeness (QED) is 0.516. The third kappa shape index (κ3) is 11.1. The Morgan fingerprint density at radius 2 is 2.07 bits per heavy atom. The standard InChI is InChI=1S/C8H14F3NO3/c1-14-7(13)5-12-3-2-4-15-6-8(9,10)11/h12H,2-6H2,1H3. The molecule has 0 aliphatic carbocycles.